The van der Waals surface area contributed by atoms with E-state index >= 15 is 0 Å². The second kappa shape index (κ2) is 7.31. The van der Waals surface area contributed by atoms with Crippen molar-refractivity contribution in [2.45, 2.75) is 6.61 Å². The van der Waals surface area contributed by atoms with Gasteiger partial charge in [0.15, 0.2) is 0 Å². The molecular formula is C14H12O2. The van der Waals surface area contributed by atoms with Crippen molar-refractivity contribution in [3.63, 3.8) is 0 Å². The van der Waals surface area contributed by atoms with Crippen LogP contribution in [0.25, 0.3) is 0 Å². The molecule has 2 nitrogen and oxygen atoms in total. The highest BCUT2D eigenvalue weighted by molar-refractivity contribution is 5.41. The van der Waals surface area contributed by atoms with E-state index in [1.54, 1.807) is 12.2 Å². The second-order valence-corrected chi connectivity index (χ2v) is 2.96. The topological polar surface area (TPSA) is 40.5 Å². The summed E-state index contributed by atoms with van der Waals surface area (Å²) in [5.74, 6) is 10.9. The molecule has 0 heterocycles. The lowest BCUT2D eigenvalue weighted by Gasteiger charge is -1.93. The Morgan fingerprint density at radius 3 is 2.44 bits per heavy atom. The Bertz CT molecular complexity index is 461. The van der Waals surface area contributed by atoms with E-state index in [2.05, 4.69) is 23.7 Å². The lowest BCUT2D eigenvalue weighted by Crippen LogP contribution is -1.81. The molecule has 0 aromatic heterocycles. The number of allylic oxidation sites excluding steroid dienone is 1. The van der Waals surface area contributed by atoms with Gasteiger partial charge in [-0.3, -0.25) is 0 Å². The molecule has 2 heteroatoms. The monoisotopic (exact) mass is 212 g/mol. The minimum atomic E-state index is -0.00920. The Kier molecular flexibility index (Phi) is 5.52. The Balaban J connectivity index is 2.61. The highest BCUT2D eigenvalue weighted by atomic mass is 16.3. The molecule has 0 unspecified atom stereocenters. The third-order valence-electron chi connectivity index (χ3n) is 1.78. The molecule has 0 amide bonds. The van der Waals surface area contributed by atoms with E-state index in [-0.39, 0.29) is 13.2 Å². The summed E-state index contributed by atoms with van der Waals surface area (Å²) in [6, 6.07) is 7.32. The molecule has 0 aliphatic rings. The molecule has 1 aromatic carbocycles. The van der Waals surface area contributed by atoms with Gasteiger partial charge in [0.1, 0.15) is 0 Å². The predicted molar refractivity (Wildman–Crippen MR) is 63.2 cm³/mol. The number of rotatable bonds is 2. The van der Waals surface area contributed by atoms with E-state index in [9.17, 15) is 0 Å². The van der Waals surface area contributed by atoms with Crippen LogP contribution >= 0.6 is 0 Å². The number of aliphatic hydroxyl groups is 2. The fourth-order valence-electron chi connectivity index (χ4n) is 0.986. The van der Waals surface area contributed by atoms with Gasteiger partial charge in [0, 0.05) is 5.56 Å². The summed E-state index contributed by atoms with van der Waals surface area (Å²) in [7, 11) is 0. The van der Waals surface area contributed by atoms with Crippen LogP contribution in [0.4, 0.5) is 0 Å². The quantitative estimate of drug-likeness (QED) is 0.720. The highest BCUT2D eigenvalue weighted by Gasteiger charge is 1.88. The summed E-state index contributed by atoms with van der Waals surface area (Å²) in [4.78, 5) is 0. The number of aliphatic hydroxyl groups excluding tert-OH is 2. The van der Waals surface area contributed by atoms with Crippen LogP contribution in [0, 0.1) is 23.7 Å². The van der Waals surface area contributed by atoms with Gasteiger partial charge < -0.3 is 10.2 Å². The van der Waals surface area contributed by atoms with Crippen LogP contribution in [-0.2, 0) is 6.61 Å². The minimum absolute atomic E-state index is 0.00920. The molecule has 2 N–H and O–H groups in total. The van der Waals surface area contributed by atoms with Crippen LogP contribution in [0.1, 0.15) is 11.1 Å². The van der Waals surface area contributed by atoms with Crippen LogP contribution in [0.3, 0.4) is 0 Å². The third kappa shape index (κ3) is 4.48. The lowest BCUT2D eigenvalue weighted by molar-refractivity contribution is 0.282. The zero-order chi connectivity index (χ0) is 11.6. The molecule has 0 aliphatic heterocycles. The van der Waals surface area contributed by atoms with E-state index in [0.717, 1.165) is 11.1 Å². The first-order valence-electron chi connectivity index (χ1n) is 4.84. The van der Waals surface area contributed by atoms with E-state index in [1.807, 2.05) is 24.3 Å². The maximum Gasteiger partial charge on any atom is 0.0681 e. The van der Waals surface area contributed by atoms with Crippen LogP contribution in [0.2, 0.25) is 0 Å². The molecule has 0 saturated carbocycles. The molecule has 0 fully saturated rings. The van der Waals surface area contributed by atoms with E-state index in [4.69, 9.17) is 10.2 Å². The highest BCUT2D eigenvalue weighted by Crippen LogP contribution is 2.02. The summed E-state index contributed by atoms with van der Waals surface area (Å²) in [5, 5.41) is 17.3. The zero-order valence-electron chi connectivity index (χ0n) is 8.77. The van der Waals surface area contributed by atoms with Gasteiger partial charge in [-0.25, -0.2) is 0 Å². The molecule has 0 aliphatic carbocycles. The number of hydrogen-bond donors (Lipinski definition) is 2. The fraction of sp³-hybridized carbons (Fsp3) is 0.143. The van der Waals surface area contributed by atoms with Gasteiger partial charge in [0.2, 0.25) is 0 Å². The van der Waals surface area contributed by atoms with Crippen molar-refractivity contribution < 1.29 is 10.2 Å². The van der Waals surface area contributed by atoms with E-state index < -0.39 is 0 Å². The Hall–Kier alpha value is -2.00. The molecule has 16 heavy (non-hydrogen) atoms. The summed E-state index contributed by atoms with van der Waals surface area (Å²) in [6.07, 6.45) is 3.11. The first-order chi connectivity index (χ1) is 7.86. The number of benzene rings is 1. The van der Waals surface area contributed by atoms with Crippen LogP contribution in [0.15, 0.2) is 36.4 Å². The van der Waals surface area contributed by atoms with Crippen molar-refractivity contribution in [3.05, 3.63) is 47.5 Å². The molecule has 0 radical (unpaired) electrons. The molecule has 0 spiro atoms. The average Bonchev–Trinajstić information content (AvgIpc) is 2.34. The molecule has 0 saturated heterocycles. The van der Waals surface area contributed by atoms with Gasteiger partial charge in [-0.1, -0.05) is 30.0 Å². The first-order valence-corrected chi connectivity index (χ1v) is 4.84. The molecule has 1 rings (SSSR count). The Labute approximate surface area is 95.2 Å². The van der Waals surface area contributed by atoms with Crippen molar-refractivity contribution in [1.82, 2.24) is 0 Å². The second-order valence-electron chi connectivity index (χ2n) is 2.96. The molecule has 0 bridgehead atoms. The smallest absolute Gasteiger partial charge is 0.0681 e. The van der Waals surface area contributed by atoms with Crippen molar-refractivity contribution in [2.24, 2.45) is 0 Å². The van der Waals surface area contributed by atoms with E-state index in [1.165, 1.54) is 0 Å². The lowest BCUT2D eigenvalue weighted by atomic mass is 10.1. The maximum absolute atomic E-state index is 8.84. The standard InChI is InChI=1S/C14H12O2/c15-11-5-3-1-2-4-6-13-7-9-14(12-16)10-8-13/h3,5,7-10,15-16H,11-12H2/b5-3-. The maximum atomic E-state index is 8.84. The minimum Gasteiger partial charge on any atom is -0.392 e. The van der Waals surface area contributed by atoms with Gasteiger partial charge in [-0.15, -0.1) is 0 Å². The summed E-state index contributed by atoms with van der Waals surface area (Å²) in [5.41, 5.74) is 1.72. The summed E-state index contributed by atoms with van der Waals surface area (Å²) in [6.45, 7) is 0.0319. The molecular weight excluding hydrogens is 200 g/mol. The SMILES string of the molecule is OC/C=C\C#CC#Cc1ccc(CO)cc1. The average molecular weight is 212 g/mol. The summed E-state index contributed by atoms with van der Waals surface area (Å²) >= 11 is 0. The Morgan fingerprint density at radius 1 is 1.06 bits per heavy atom. The van der Waals surface area contributed by atoms with Crippen LogP contribution in [-0.4, -0.2) is 16.8 Å². The zero-order valence-corrected chi connectivity index (χ0v) is 8.77. The first kappa shape index (κ1) is 12.1. The van der Waals surface area contributed by atoms with Gasteiger partial charge >= 0.3 is 0 Å². The van der Waals surface area contributed by atoms with Crippen molar-refractivity contribution >= 4 is 0 Å². The predicted octanol–water partition coefficient (Wildman–Crippen LogP) is 1.08. The van der Waals surface area contributed by atoms with Gasteiger partial charge in [-0.05, 0) is 35.6 Å². The van der Waals surface area contributed by atoms with Crippen molar-refractivity contribution in [3.8, 4) is 23.7 Å². The molecule has 0 atom stereocenters. The van der Waals surface area contributed by atoms with E-state index in [0.29, 0.717) is 0 Å². The normalized spacial score (nSPS) is 9.12. The largest absolute Gasteiger partial charge is 0.392 e. The Morgan fingerprint density at radius 2 is 1.81 bits per heavy atom. The van der Waals surface area contributed by atoms with Gasteiger partial charge in [0.25, 0.3) is 0 Å². The van der Waals surface area contributed by atoms with Crippen LogP contribution in [0.5, 0.6) is 0 Å². The van der Waals surface area contributed by atoms with Gasteiger partial charge in [0.05, 0.1) is 13.2 Å². The number of hydrogen-bond acceptors (Lipinski definition) is 2. The summed E-state index contributed by atoms with van der Waals surface area (Å²) < 4.78 is 0. The van der Waals surface area contributed by atoms with Crippen molar-refractivity contribution in [2.75, 3.05) is 6.61 Å². The fourth-order valence-corrected chi connectivity index (χ4v) is 0.986. The molecule has 80 valence electrons. The third-order valence-corrected chi connectivity index (χ3v) is 1.78. The van der Waals surface area contributed by atoms with Crippen LogP contribution < -0.4 is 0 Å². The molecule has 1 aromatic rings. The van der Waals surface area contributed by atoms with Crippen molar-refractivity contribution in [1.29, 1.82) is 0 Å². The van der Waals surface area contributed by atoms with Gasteiger partial charge in [-0.2, -0.15) is 0 Å².